The van der Waals surface area contributed by atoms with Crippen molar-refractivity contribution in [3.63, 3.8) is 0 Å². The zero-order valence-corrected chi connectivity index (χ0v) is 12.0. The fourth-order valence-electron chi connectivity index (χ4n) is 1.73. The van der Waals surface area contributed by atoms with E-state index in [2.05, 4.69) is 15.7 Å². The quantitative estimate of drug-likeness (QED) is 0.906. The lowest BCUT2D eigenvalue weighted by molar-refractivity contribution is -0.115. The first-order chi connectivity index (χ1) is 9.10. The van der Waals surface area contributed by atoms with Crippen molar-refractivity contribution >= 4 is 24.1 Å². The van der Waals surface area contributed by atoms with Crippen LogP contribution in [0.4, 0.5) is 10.2 Å². The van der Waals surface area contributed by atoms with Gasteiger partial charge in [0.15, 0.2) is 5.82 Å². The number of hydrogen-bond donors (Lipinski definition) is 2. The molecule has 1 aromatic heterocycles. The molecule has 0 radical (unpaired) electrons. The lowest BCUT2D eigenvalue weighted by Crippen LogP contribution is -2.25. The third-order valence-electron chi connectivity index (χ3n) is 2.56. The minimum Gasteiger partial charge on any atom is -0.311 e. The molecule has 0 spiro atoms. The van der Waals surface area contributed by atoms with Crippen LogP contribution in [0.15, 0.2) is 30.3 Å². The van der Waals surface area contributed by atoms with Crippen LogP contribution in [0.2, 0.25) is 0 Å². The van der Waals surface area contributed by atoms with Crippen molar-refractivity contribution in [3.05, 3.63) is 41.8 Å². The van der Waals surface area contributed by atoms with Crippen molar-refractivity contribution < 1.29 is 9.18 Å². The Balaban J connectivity index is 0.00000200. The summed E-state index contributed by atoms with van der Waals surface area (Å²) in [4.78, 5) is 11.4. The molecule has 0 bridgehead atoms. The number of nitrogens with one attached hydrogen (secondary N) is 2. The van der Waals surface area contributed by atoms with E-state index in [1.165, 1.54) is 12.1 Å². The summed E-state index contributed by atoms with van der Waals surface area (Å²) in [7, 11) is 1.70. The van der Waals surface area contributed by atoms with Gasteiger partial charge >= 0.3 is 0 Å². The molecule has 7 heteroatoms. The summed E-state index contributed by atoms with van der Waals surface area (Å²) < 4.78 is 14.5. The second kappa shape index (κ2) is 7.02. The maximum absolute atomic E-state index is 12.9. The van der Waals surface area contributed by atoms with Gasteiger partial charge < -0.3 is 10.6 Å². The van der Waals surface area contributed by atoms with Crippen molar-refractivity contribution in [2.75, 3.05) is 18.9 Å². The topological polar surface area (TPSA) is 59.0 Å². The number of likely N-dealkylation sites (N-methyl/N-ethyl adjacent to an activating group) is 1. The zero-order chi connectivity index (χ0) is 13.8. The summed E-state index contributed by atoms with van der Waals surface area (Å²) in [5.74, 6) is 0.0180. The first-order valence-corrected chi connectivity index (χ1v) is 5.87. The van der Waals surface area contributed by atoms with Gasteiger partial charge in [-0.3, -0.25) is 4.79 Å². The van der Waals surface area contributed by atoms with Crippen LogP contribution in [0.3, 0.4) is 0 Å². The van der Waals surface area contributed by atoms with Gasteiger partial charge in [-0.1, -0.05) is 0 Å². The molecular weight excluding hydrogens is 283 g/mol. The molecule has 2 aromatic rings. The number of hydrogen-bond acceptors (Lipinski definition) is 3. The van der Waals surface area contributed by atoms with Crippen LogP contribution in [0.1, 0.15) is 5.69 Å². The SMILES string of the molecule is CNCC(=O)Nc1cc(C)n(-c2ccc(F)cc2)n1.Cl. The molecule has 1 amide bonds. The highest BCUT2D eigenvalue weighted by molar-refractivity contribution is 5.91. The average molecular weight is 299 g/mol. The molecule has 20 heavy (non-hydrogen) atoms. The van der Waals surface area contributed by atoms with E-state index in [0.29, 0.717) is 5.82 Å². The Morgan fingerprint density at radius 2 is 2.00 bits per heavy atom. The second-order valence-electron chi connectivity index (χ2n) is 4.14. The smallest absolute Gasteiger partial charge is 0.239 e. The third-order valence-corrected chi connectivity index (χ3v) is 2.56. The molecular formula is C13H16ClFN4O. The summed E-state index contributed by atoms with van der Waals surface area (Å²) in [5, 5.41) is 9.70. The van der Waals surface area contributed by atoms with E-state index < -0.39 is 0 Å². The standard InChI is InChI=1S/C13H15FN4O.ClH/c1-9-7-12(16-13(19)8-15-2)17-18(9)11-5-3-10(14)4-6-11;/h3-7,15H,8H2,1-2H3,(H,16,17,19);1H. The van der Waals surface area contributed by atoms with Crippen molar-refractivity contribution in [1.29, 1.82) is 0 Å². The minimum absolute atomic E-state index is 0. The lowest BCUT2D eigenvalue weighted by Gasteiger charge is -2.03. The van der Waals surface area contributed by atoms with E-state index in [1.807, 2.05) is 6.92 Å². The summed E-state index contributed by atoms with van der Waals surface area (Å²) in [6, 6.07) is 7.77. The molecule has 5 nitrogen and oxygen atoms in total. The fraction of sp³-hybridized carbons (Fsp3) is 0.231. The number of nitrogens with zero attached hydrogens (tertiary/aromatic N) is 2. The predicted molar refractivity (Wildman–Crippen MR) is 78.1 cm³/mol. The Kier molecular flexibility index (Phi) is 5.66. The molecule has 108 valence electrons. The molecule has 0 aliphatic heterocycles. The van der Waals surface area contributed by atoms with Gasteiger partial charge in [-0.2, -0.15) is 0 Å². The molecule has 2 rings (SSSR count). The highest BCUT2D eigenvalue weighted by Crippen LogP contribution is 2.15. The van der Waals surface area contributed by atoms with E-state index in [9.17, 15) is 9.18 Å². The lowest BCUT2D eigenvalue weighted by atomic mass is 10.3. The van der Waals surface area contributed by atoms with Crippen molar-refractivity contribution in [3.8, 4) is 5.69 Å². The van der Waals surface area contributed by atoms with Crippen molar-refractivity contribution in [1.82, 2.24) is 15.1 Å². The van der Waals surface area contributed by atoms with Gasteiger partial charge in [0.05, 0.1) is 12.2 Å². The van der Waals surface area contributed by atoms with Crippen LogP contribution in [-0.4, -0.2) is 29.3 Å². The Morgan fingerprint density at radius 1 is 1.35 bits per heavy atom. The Hall–Kier alpha value is -1.92. The molecule has 0 fully saturated rings. The maximum Gasteiger partial charge on any atom is 0.239 e. The van der Waals surface area contributed by atoms with Crippen LogP contribution in [0, 0.1) is 12.7 Å². The van der Waals surface area contributed by atoms with Crippen LogP contribution in [0.25, 0.3) is 5.69 Å². The number of rotatable bonds is 4. The average Bonchev–Trinajstić information content (AvgIpc) is 2.71. The van der Waals surface area contributed by atoms with Crippen LogP contribution >= 0.6 is 12.4 Å². The number of benzene rings is 1. The number of carbonyl (C=O) groups is 1. The molecule has 1 aromatic carbocycles. The van der Waals surface area contributed by atoms with E-state index in [1.54, 1.807) is 29.9 Å². The predicted octanol–water partition coefficient (Wildman–Crippen LogP) is 1.90. The molecule has 0 aliphatic carbocycles. The van der Waals surface area contributed by atoms with Crippen LogP contribution in [0.5, 0.6) is 0 Å². The summed E-state index contributed by atoms with van der Waals surface area (Å²) in [5.41, 5.74) is 1.60. The largest absolute Gasteiger partial charge is 0.311 e. The highest BCUT2D eigenvalue weighted by atomic mass is 35.5. The molecule has 0 saturated carbocycles. The second-order valence-corrected chi connectivity index (χ2v) is 4.14. The van der Waals surface area contributed by atoms with Gasteiger partial charge in [-0.15, -0.1) is 17.5 Å². The molecule has 0 unspecified atom stereocenters. The van der Waals surface area contributed by atoms with Crippen molar-refractivity contribution in [2.45, 2.75) is 6.92 Å². The van der Waals surface area contributed by atoms with Gasteiger partial charge in [0, 0.05) is 11.8 Å². The van der Waals surface area contributed by atoms with Crippen LogP contribution in [-0.2, 0) is 4.79 Å². The fourth-order valence-corrected chi connectivity index (χ4v) is 1.73. The van der Waals surface area contributed by atoms with Crippen LogP contribution < -0.4 is 10.6 Å². The molecule has 0 saturated heterocycles. The van der Waals surface area contributed by atoms with E-state index in [-0.39, 0.29) is 30.7 Å². The Morgan fingerprint density at radius 3 is 2.60 bits per heavy atom. The number of amides is 1. The first kappa shape index (κ1) is 16.1. The first-order valence-electron chi connectivity index (χ1n) is 5.87. The van der Waals surface area contributed by atoms with Gasteiger partial charge in [-0.05, 0) is 38.2 Å². The number of aromatic nitrogens is 2. The summed E-state index contributed by atoms with van der Waals surface area (Å²) >= 11 is 0. The van der Waals surface area contributed by atoms with Gasteiger partial charge in [0.25, 0.3) is 0 Å². The number of aryl methyl sites for hydroxylation is 1. The van der Waals surface area contributed by atoms with E-state index >= 15 is 0 Å². The summed E-state index contributed by atoms with van der Waals surface area (Å²) in [6.45, 7) is 2.09. The van der Waals surface area contributed by atoms with E-state index in [0.717, 1.165) is 11.4 Å². The monoisotopic (exact) mass is 298 g/mol. The normalized spacial score (nSPS) is 9.95. The number of carbonyl (C=O) groups excluding carboxylic acids is 1. The summed E-state index contributed by atoms with van der Waals surface area (Å²) in [6.07, 6.45) is 0. The van der Waals surface area contributed by atoms with E-state index in [4.69, 9.17) is 0 Å². The number of anilines is 1. The molecule has 0 atom stereocenters. The zero-order valence-electron chi connectivity index (χ0n) is 11.2. The van der Waals surface area contributed by atoms with Gasteiger partial charge in [-0.25, -0.2) is 9.07 Å². The molecule has 0 aliphatic rings. The molecule has 2 N–H and O–H groups in total. The maximum atomic E-state index is 12.9. The Bertz CT molecular complexity index is 583. The van der Waals surface area contributed by atoms with Gasteiger partial charge in [0.1, 0.15) is 5.82 Å². The van der Waals surface area contributed by atoms with Crippen molar-refractivity contribution in [2.24, 2.45) is 0 Å². The Labute approximate surface area is 122 Å². The minimum atomic E-state index is -0.295. The highest BCUT2D eigenvalue weighted by Gasteiger charge is 2.08. The third kappa shape index (κ3) is 3.79. The molecule has 1 heterocycles. The number of halogens is 2. The van der Waals surface area contributed by atoms with Gasteiger partial charge in [0.2, 0.25) is 5.91 Å².